The van der Waals surface area contributed by atoms with Crippen molar-refractivity contribution in [3.05, 3.63) is 29.8 Å². The van der Waals surface area contributed by atoms with E-state index in [-0.39, 0.29) is 18.1 Å². The van der Waals surface area contributed by atoms with E-state index < -0.39 is 17.7 Å². The Morgan fingerprint density at radius 2 is 2.24 bits per heavy atom. The highest BCUT2D eigenvalue weighted by Crippen LogP contribution is 2.17. The molecule has 0 aliphatic heterocycles. The van der Waals surface area contributed by atoms with Crippen molar-refractivity contribution >= 4 is 11.6 Å². The number of carbonyl (C=O) groups is 1. The minimum atomic E-state index is -1.01. The van der Waals surface area contributed by atoms with E-state index in [4.69, 9.17) is 6.42 Å². The number of hydrogen-bond acceptors (Lipinski definition) is 2. The predicted octanol–water partition coefficient (Wildman–Crippen LogP) is 1.51. The molecule has 0 radical (unpaired) electrons. The van der Waals surface area contributed by atoms with Crippen LogP contribution >= 0.6 is 0 Å². The maximum atomic E-state index is 13.3. The monoisotopic (exact) mass is 238 g/mol. The van der Waals surface area contributed by atoms with Crippen LogP contribution in [0, 0.1) is 24.0 Å². The highest BCUT2D eigenvalue weighted by Gasteiger charge is 2.15. The van der Waals surface area contributed by atoms with Crippen LogP contribution in [0.25, 0.3) is 0 Å². The van der Waals surface area contributed by atoms with Gasteiger partial charge in [-0.1, -0.05) is 12.0 Å². The van der Waals surface area contributed by atoms with Crippen LogP contribution in [-0.2, 0) is 4.79 Å². The largest absolute Gasteiger partial charge is 0.371 e. The van der Waals surface area contributed by atoms with Crippen LogP contribution < -0.4 is 10.6 Å². The van der Waals surface area contributed by atoms with Crippen LogP contribution in [0.4, 0.5) is 14.5 Å². The van der Waals surface area contributed by atoms with Gasteiger partial charge in [-0.3, -0.25) is 4.79 Å². The number of terminal acetylenes is 1. The molecule has 2 N–H and O–H groups in total. The van der Waals surface area contributed by atoms with Gasteiger partial charge in [0, 0.05) is 0 Å². The van der Waals surface area contributed by atoms with Gasteiger partial charge in [0.05, 0.1) is 12.2 Å². The van der Waals surface area contributed by atoms with E-state index in [9.17, 15) is 13.6 Å². The first-order chi connectivity index (χ1) is 8.06. The Morgan fingerprint density at radius 1 is 1.53 bits per heavy atom. The summed E-state index contributed by atoms with van der Waals surface area (Å²) in [4.78, 5) is 11.4. The van der Waals surface area contributed by atoms with Crippen LogP contribution in [-0.4, -0.2) is 18.5 Å². The molecule has 0 spiro atoms. The van der Waals surface area contributed by atoms with Crippen molar-refractivity contribution < 1.29 is 13.6 Å². The van der Waals surface area contributed by atoms with Gasteiger partial charge in [0.25, 0.3) is 0 Å². The smallest absolute Gasteiger partial charge is 0.242 e. The fraction of sp³-hybridized carbons (Fsp3) is 0.250. The zero-order valence-electron chi connectivity index (χ0n) is 9.26. The summed E-state index contributed by atoms with van der Waals surface area (Å²) in [6.45, 7) is 1.62. The van der Waals surface area contributed by atoms with Gasteiger partial charge in [0.2, 0.25) is 5.91 Å². The molecule has 0 aromatic heterocycles. The highest BCUT2D eigenvalue weighted by atomic mass is 19.2. The van der Waals surface area contributed by atoms with Gasteiger partial charge in [0.15, 0.2) is 11.6 Å². The lowest BCUT2D eigenvalue weighted by Gasteiger charge is -2.14. The van der Waals surface area contributed by atoms with Gasteiger partial charge in [-0.2, -0.15) is 0 Å². The lowest BCUT2D eigenvalue weighted by molar-refractivity contribution is -0.121. The molecular formula is C12H12F2N2O. The Bertz CT molecular complexity index is 454. The molecule has 3 nitrogen and oxygen atoms in total. The number of nitrogens with one attached hydrogen (secondary N) is 2. The normalized spacial score (nSPS) is 11.4. The van der Waals surface area contributed by atoms with Crippen molar-refractivity contribution in [2.45, 2.75) is 13.0 Å². The Labute approximate surface area is 98.2 Å². The molecule has 1 unspecified atom stereocenters. The van der Waals surface area contributed by atoms with Gasteiger partial charge >= 0.3 is 0 Å². The highest BCUT2D eigenvalue weighted by molar-refractivity contribution is 5.84. The van der Waals surface area contributed by atoms with Gasteiger partial charge < -0.3 is 10.6 Å². The molecule has 1 rings (SSSR count). The van der Waals surface area contributed by atoms with Crippen molar-refractivity contribution in [2.75, 3.05) is 11.9 Å². The zero-order chi connectivity index (χ0) is 12.8. The topological polar surface area (TPSA) is 41.1 Å². The van der Waals surface area contributed by atoms with Crippen LogP contribution in [0.5, 0.6) is 0 Å². The molecule has 5 heteroatoms. The summed E-state index contributed by atoms with van der Waals surface area (Å²) in [6, 6.07) is 3.00. The third-order valence-electron chi connectivity index (χ3n) is 2.08. The first-order valence-corrected chi connectivity index (χ1v) is 4.98. The first kappa shape index (κ1) is 13.0. The Balaban J connectivity index is 2.68. The SMILES string of the molecule is C#CCNC(=O)C(C)Nc1cccc(F)c1F. The third-order valence-corrected chi connectivity index (χ3v) is 2.08. The minimum Gasteiger partial charge on any atom is -0.371 e. The average Bonchev–Trinajstić information content (AvgIpc) is 2.31. The van der Waals surface area contributed by atoms with E-state index in [1.807, 2.05) is 0 Å². The maximum Gasteiger partial charge on any atom is 0.242 e. The Hall–Kier alpha value is -2.09. The Kier molecular flexibility index (Phi) is 4.46. The van der Waals surface area contributed by atoms with E-state index in [1.165, 1.54) is 19.1 Å². The quantitative estimate of drug-likeness (QED) is 0.781. The zero-order valence-corrected chi connectivity index (χ0v) is 9.26. The maximum absolute atomic E-state index is 13.3. The summed E-state index contributed by atoms with van der Waals surface area (Å²) >= 11 is 0. The summed E-state index contributed by atoms with van der Waals surface area (Å²) in [5, 5.41) is 5.00. The summed E-state index contributed by atoms with van der Waals surface area (Å²) < 4.78 is 26.2. The first-order valence-electron chi connectivity index (χ1n) is 4.98. The van der Waals surface area contributed by atoms with Crippen LogP contribution in [0.3, 0.4) is 0 Å². The fourth-order valence-electron chi connectivity index (χ4n) is 1.21. The van der Waals surface area contributed by atoms with Gasteiger partial charge in [0.1, 0.15) is 6.04 Å². The molecule has 0 saturated carbocycles. The standard InChI is InChI=1S/C12H12F2N2O/c1-3-7-15-12(17)8(2)16-10-6-4-5-9(13)11(10)14/h1,4-6,8,16H,7H2,2H3,(H,15,17). The predicted molar refractivity (Wildman–Crippen MR) is 61.3 cm³/mol. The summed E-state index contributed by atoms with van der Waals surface area (Å²) in [5.74, 6) is -0.115. The van der Waals surface area contributed by atoms with E-state index >= 15 is 0 Å². The van der Waals surface area contributed by atoms with Gasteiger partial charge in [-0.15, -0.1) is 6.42 Å². The molecule has 0 bridgehead atoms. The average molecular weight is 238 g/mol. The number of rotatable bonds is 4. The molecule has 0 aliphatic carbocycles. The third kappa shape index (κ3) is 3.45. The van der Waals surface area contributed by atoms with Gasteiger partial charge in [-0.05, 0) is 19.1 Å². The molecule has 0 heterocycles. The number of anilines is 1. The number of amides is 1. The summed E-state index contributed by atoms with van der Waals surface area (Å²) in [6.07, 6.45) is 4.98. The molecule has 90 valence electrons. The summed E-state index contributed by atoms with van der Waals surface area (Å²) in [7, 11) is 0. The number of carbonyl (C=O) groups excluding carboxylic acids is 1. The molecule has 1 aromatic rings. The van der Waals surface area contributed by atoms with Crippen molar-refractivity contribution in [1.29, 1.82) is 0 Å². The van der Waals surface area contributed by atoms with Crippen LogP contribution in [0.2, 0.25) is 0 Å². The molecule has 17 heavy (non-hydrogen) atoms. The van der Waals surface area contributed by atoms with E-state index in [2.05, 4.69) is 16.6 Å². The number of hydrogen-bond donors (Lipinski definition) is 2. The summed E-state index contributed by atoms with van der Waals surface area (Å²) in [5.41, 5.74) is -0.0617. The number of benzene rings is 1. The van der Waals surface area contributed by atoms with Crippen LogP contribution in [0.15, 0.2) is 18.2 Å². The van der Waals surface area contributed by atoms with Crippen molar-refractivity contribution in [3.63, 3.8) is 0 Å². The Morgan fingerprint density at radius 3 is 2.88 bits per heavy atom. The molecule has 0 saturated heterocycles. The van der Waals surface area contributed by atoms with E-state index in [0.29, 0.717) is 0 Å². The van der Waals surface area contributed by atoms with Crippen molar-refractivity contribution in [1.82, 2.24) is 5.32 Å². The fourth-order valence-corrected chi connectivity index (χ4v) is 1.21. The second-order valence-corrected chi connectivity index (χ2v) is 3.39. The molecule has 0 aliphatic rings. The molecule has 1 atom stereocenters. The lowest BCUT2D eigenvalue weighted by Crippen LogP contribution is -2.37. The minimum absolute atomic E-state index is 0.0617. The molecule has 0 fully saturated rings. The van der Waals surface area contributed by atoms with E-state index in [1.54, 1.807) is 0 Å². The molecular weight excluding hydrogens is 226 g/mol. The lowest BCUT2D eigenvalue weighted by atomic mass is 10.2. The van der Waals surface area contributed by atoms with Crippen molar-refractivity contribution in [2.24, 2.45) is 0 Å². The molecule has 1 amide bonds. The van der Waals surface area contributed by atoms with Crippen molar-refractivity contribution in [3.8, 4) is 12.3 Å². The van der Waals surface area contributed by atoms with Gasteiger partial charge in [-0.25, -0.2) is 8.78 Å². The second kappa shape index (κ2) is 5.85. The molecule has 1 aromatic carbocycles. The second-order valence-electron chi connectivity index (χ2n) is 3.39. The number of halogens is 2. The van der Waals surface area contributed by atoms with E-state index in [0.717, 1.165) is 6.07 Å². The van der Waals surface area contributed by atoms with Crippen LogP contribution in [0.1, 0.15) is 6.92 Å².